The Kier molecular flexibility index (Phi) is 5.60. The van der Waals surface area contributed by atoms with Crippen molar-refractivity contribution in [1.82, 2.24) is 4.90 Å². The molecule has 1 aliphatic carbocycles. The lowest BCUT2D eigenvalue weighted by Crippen LogP contribution is -2.42. The second-order valence-corrected chi connectivity index (χ2v) is 7.92. The first kappa shape index (κ1) is 19.6. The standard InChI is InChI=1S/C23H24F2N2O2/c1-15-5-7-16(8-6-15)22-12-20(29-26-22)14-27(23(28)17-3-2-4-17)13-18-9-10-19(24)11-21(18)25/h5-11,17,20H,2-4,12-14H2,1H3/t20-/m1/s1. The molecule has 2 aromatic carbocycles. The van der Waals surface area contributed by atoms with E-state index in [1.54, 1.807) is 4.90 Å². The number of benzene rings is 2. The topological polar surface area (TPSA) is 41.9 Å². The molecule has 4 rings (SSSR count). The van der Waals surface area contributed by atoms with Gasteiger partial charge in [0, 0.05) is 30.5 Å². The highest BCUT2D eigenvalue weighted by Crippen LogP contribution is 2.30. The van der Waals surface area contributed by atoms with Crippen LogP contribution in [0.3, 0.4) is 0 Å². The first-order valence-electron chi connectivity index (χ1n) is 10.0. The summed E-state index contributed by atoms with van der Waals surface area (Å²) in [5.41, 5.74) is 3.32. The Morgan fingerprint density at radius 2 is 1.93 bits per heavy atom. The molecule has 0 unspecified atom stereocenters. The minimum atomic E-state index is -0.639. The molecule has 0 saturated heterocycles. The lowest BCUT2D eigenvalue weighted by Gasteiger charge is -2.32. The van der Waals surface area contributed by atoms with E-state index in [0.717, 1.165) is 36.6 Å². The van der Waals surface area contributed by atoms with Gasteiger partial charge < -0.3 is 9.74 Å². The van der Waals surface area contributed by atoms with E-state index in [2.05, 4.69) is 5.16 Å². The molecule has 29 heavy (non-hydrogen) atoms. The quantitative estimate of drug-likeness (QED) is 0.714. The van der Waals surface area contributed by atoms with Crippen LogP contribution in [0.1, 0.15) is 42.4 Å². The second-order valence-electron chi connectivity index (χ2n) is 7.92. The number of carbonyl (C=O) groups is 1. The van der Waals surface area contributed by atoms with Crippen molar-refractivity contribution in [2.75, 3.05) is 6.54 Å². The third-order valence-electron chi connectivity index (χ3n) is 5.68. The van der Waals surface area contributed by atoms with Gasteiger partial charge in [-0.3, -0.25) is 4.79 Å². The number of nitrogens with zero attached hydrogens (tertiary/aromatic N) is 2. The van der Waals surface area contributed by atoms with Gasteiger partial charge in [0.2, 0.25) is 5.91 Å². The van der Waals surface area contributed by atoms with Crippen molar-refractivity contribution in [2.24, 2.45) is 11.1 Å². The maximum absolute atomic E-state index is 14.2. The summed E-state index contributed by atoms with van der Waals surface area (Å²) in [7, 11) is 0. The molecule has 2 aliphatic rings. The van der Waals surface area contributed by atoms with Crippen LogP contribution in [0.15, 0.2) is 47.6 Å². The highest BCUT2D eigenvalue weighted by atomic mass is 19.1. The van der Waals surface area contributed by atoms with Crippen molar-refractivity contribution in [1.29, 1.82) is 0 Å². The molecule has 1 atom stereocenters. The van der Waals surface area contributed by atoms with E-state index >= 15 is 0 Å². The maximum atomic E-state index is 14.2. The first-order chi connectivity index (χ1) is 14.0. The average molecular weight is 398 g/mol. The van der Waals surface area contributed by atoms with Crippen LogP contribution >= 0.6 is 0 Å². The van der Waals surface area contributed by atoms with Crippen molar-refractivity contribution in [3.05, 3.63) is 70.8 Å². The fourth-order valence-corrected chi connectivity index (χ4v) is 3.69. The van der Waals surface area contributed by atoms with E-state index in [9.17, 15) is 13.6 Å². The molecule has 1 fully saturated rings. The average Bonchev–Trinajstić information content (AvgIpc) is 3.11. The number of aryl methyl sites for hydroxylation is 1. The SMILES string of the molecule is Cc1ccc(C2=NO[C@@H](CN(Cc3ccc(F)cc3F)C(=O)C3CCC3)C2)cc1. The maximum Gasteiger partial charge on any atom is 0.226 e. The molecule has 1 aliphatic heterocycles. The van der Waals surface area contributed by atoms with Crippen molar-refractivity contribution < 1.29 is 18.4 Å². The monoisotopic (exact) mass is 398 g/mol. The van der Waals surface area contributed by atoms with E-state index in [-0.39, 0.29) is 24.5 Å². The largest absolute Gasteiger partial charge is 0.390 e. The Bertz CT molecular complexity index is 923. The number of hydrogen-bond acceptors (Lipinski definition) is 3. The third-order valence-corrected chi connectivity index (χ3v) is 5.68. The fourth-order valence-electron chi connectivity index (χ4n) is 3.69. The van der Waals surface area contributed by atoms with Gasteiger partial charge in [0.25, 0.3) is 0 Å². The molecule has 1 saturated carbocycles. The number of carbonyl (C=O) groups excluding carboxylic acids is 1. The van der Waals surface area contributed by atoms with Crippen LogP contribution in [-0.2, 0) is 16.2 Å². The van der Waals surface area contributed by atoms with E-state index in [4.69, 9.17) is 4.84 Å². The van der Waals surface area contributed by atoms with Crippen LogP contribution in [-0.4, -0.2) is 29.2 Å². The summed E-state index contributed by atoms with van der Waals surface area (Å²) in [6, 6.07) is 11.5. The van der Waals surface area contributed by atoms with Crippen molar-refractivity contribution in [3.63, 3.8) is 0 Å². The summed E-state index contributed by atoms with van der Waals surface area (Å²) in [5, 5.41) is 4.20. The summed E-state index contributed by atoms with van der Waals surface area (Å²) in [6.45, 7) is 2.45. The van der Waals surface area contributed by atoms with Gasteiger partial charge in [-0.1, -0.05) is 47.5 Å². The molecule has 0 radical (unpaired) electrons. The highest BCUT2D eigenvalue weighted by molar-refractivity contribution is 6.01. The van der Waals surface area contributed by atoms with Gasteiger partial charge >= 0.3 is 0 Å². The smallest absolute Gasteiger partial charge is 0.226 e. The summed E-state index contributed by atoms with van der Waals surface area (Å²) in [6.07, 6.45) is 3.06. The second kappa shape index (κ2) is 8.31. The minimum Gasteiger partial charge on any atom is -0.390 e. The molecule has 6 heteroatoms. The van der Waals surface area contributed by atoms with E-state index < -0.39 is 11.6 Å². The molecule has 0 bridgehead atoms. The van der Waals surface area contributed by atoms with Gasteiger partial charge in [0.1, 0.15) is 11.6 Å². The van der Waals surface area contributed by atoms with Crippen LogP contribution in [0.25, 0.3) is 0 Å². The third kappa shape index (κ3) is 4.47. The van der Waals surface area contributed by atoms with Gasteiger partial charge in [-0.15, -0.1) is 0 Å². The Labute approximate surface area is 169 Å². The number of oxime groups is 1. The molecule has 0 aromatic heterocycles. The van der Waals surface area contributed by atoms with Crippen LogP contribution in [0.4, 0.5) is 8.78 Å². The fraction of sp³-hybridized carbons (Fsp3) is 0.391. The zero-order valence-corrected chi connectivity index (χ0v) is 16.4. The molecule has 152 valence electrons. The van der Waals surface area contributed by atoms with E-state index in [1.165, 1.54) is 17.7 Å². The summed E-state index contributed by atoms with van der Waals surface area (Å²) < 4.78 is 27.4. The number of amides is 1. The number of hydrogen-bond donors (Lipinski definition) is 0. The predicted molar refractivity (Wildman–Crippen MR) is 106 cm³/mol. The van der Waals surface area contributed by atoms with Crippen LogP contribution < -0.4 is 0 Å². The normalized spacial score (nSPS) is 18.7. The van der Waals surface area contributed by atoms with Gasteiger partial charge in [-0.2, -0.15) is 0 Å². The number of halogens is 2. The zero-order chi connectivity index (χ0) is 20.4. The Morgan fingerprint density at radius 3 is 2.59 bits per heavy atom. The van der Waals surface area contributed by atoms with Crippen LogP contribution in [0.5, 0.6) is 0 Å². The molecule has 1 amide bonds. The lowest BCUT2D eigenvalue weighted by molar-refractivity contribution is -0.140. The summed E-state index contributed by atoms with van der Waals surface area (Å²) >= 11 is 0. The minimum absolute atomic E-state index is 0.00682. The molecular formula is C23H24F2N2O2. The molecule has 4 nitrogen and oxygen atoms in total. The molecule has 1 heterocycles. The molecular weight excluding hydrogens is 374 g/mol. The van der Waals surface area contributed by atoms with Crippen molar-refractivity contribution in [3.8, 4) is 0 Å². The van der Waals surface area contributed by atoms with Crippen molar-refractivity contribution >= 4 is 11.6 Å². The molecule has 0 spiro atoms. The molecule has 0 N–H and O–H groups in total. The van der Waals surface area contributed by atoms with E-state index in [1.807, 2.05) is 31.2 Å². The van der Waals surface area contributed by atoms with Gasteiger partial charge in [0.05, 0.1) is 12.3 Å². The summed E-state index contributed by atoms with van der Waals surface area (Å²) in [4.78, 5) is 20.1. The zero-order valence-electron chi connectivity index (χ0n) is 16.4. The van der Waals surface area contributed by atoms with Gasteiger partial charge in [-0.25, -0.2) is 8.78 Å². The highest BCUT2D eigenvalue weighted by Gasteiger charge is 2.33. The van der Waals surface area contributed by atoms with Gasteiger partial charge in [0.15, 0.2) is 6.10 Å². The number of rotatable bonds is 6. The van der Waals surface area contributed by atoms with E-state index in [0.29, 0.717) is 18.5 Å². The first-order valence-corrected chi connectivity index (χ1v) is 10.0. The Hall–Kier alpha value is -2.76. The van der Waals surface area contributed by atoms with Crippen LogP contribution in [0, 0.1) is 24.5 Å². The predicted octanol–water partition coefficient (Wildman–Crippen LogP) is 4.60. The summed E-state index contributed by atoms with van der Waals surface area (Å²) in [5.74, 6) is -1.27. The van der Waals surface area contributed by atoms with Crippen molar-refractivity contribution in [2.45, 2.75) is 45.3 Å². The Morgan fingerprint density at radius 1 is 1.17 bits per heavy atom. The lowest BCUT2D eigenvalue weighted by atomic mass is 9.84. The van der Waals surface area contributed by atoms with Crippen LogP contribution in [0.2, 0.25) is 0 Å². The Balaban J connectivity index is 1.45. The molecule has 2 aromatic rings. The van der Waals surface area contributed by atoms with Gasteiger partial charge in [-0.05, 0) is 31.4 Å².